The molecule has 4 fully saturated rings. The van der Waals surface area contributed by atoms with Crippen molar-refractivity contribution in [2.75, 3.05) is 0 Å². The van der Waals surface area contributed by atoms with Crippen LogP contribution in [0.3, 0.4) is 0 Å². The Morgan fingerprint density at radius 1 is 1.07 bits per heavy atom. The Morgan fingerprint density at radius 2 is 1.70 bits per heavy atom. The van der Waals surface area contributed by atoms with Crippen LogP contribution in [-0.2, 0) is 42.9 Å². The van der Waals surface area contributed by atoms with Crippen molar-refractivity contribution in [1.29, 1.82) is 0 Å². The fraction of sp³-hybridized carbons (Fsp3) is 0.786. The Hall–Kier alpha value is -2.21. The number of halogens is 1. The highest BCUT2D eigenvalue weighted by molar-refractivity contribution is 6.23. The van der Waals surface area contributed by atoms with Crippen LogP contribution in [0.2, 0.25) is 0 Å². The topological polar surface area (TPSA) is 158 Å². The molecule has 2 heterocycles. The fourth-order valence-corrected chi connectivity index (χ4v) is 7.57. The molecule has 2 saturated heterocycles. The summed E-state index contributed by atoms with van der Waals surface area (Å²) in [7, 11) is 0. The lowest BCUT2D eigenvalue weighted by Gasteiger charge is -2.57. The molecule has 0 aromatic carbocycles. The lowest BCUT2D eigenvalue weighted by Crippen LogP contribution is -2.73. The smallest absolute Gasteiger partial charge is 0.312 e. The molecule has 12 atom stereocenters. The molecular weight excluding hydrogens is 548 g/mol. The third-order valence-corrected chi connectivity index (χ3v) is 9.75. The van der Waals surface area contributed by atoms with Crippen molar-refractivity contribution in [3.05, 3.63) is 12.2 Å². The molecule has 11 nitrogen and oxygen atoms in total. The van der Waals surface area contributed by atoms with Gasteiger partial charge in [-0.05, 0) is 33.1 Å². The van der Waals surface area contributed by atoms with Crippen molar-refractivity contribution in [2.45, 2.75) is 120 Å². The van der Waals surface area contributed by atoms with Gasteiger partial charge in [0.15, 0.2) is 17.8 Å². The van der Waals surface area contributed by atoms with E-state index in [9.17, 15) is 29.4 Å². The summed E-state index contributed by atoms with van der Waals surface area (Å²) in [6.07, 6.45) is -5.65. The highest BCUT2D eigenvalue weighted by Crippen LogP contribution is 2.63. The molecule has 0 spiro atoms. The second-order valence-corrected chi connectivity index (χ2v) is 12.4. The fourth-order valence-electron chi connectivity index (χ4n) is 7.21. The monoisotopic (exact) mass is 586 g/mol. The molecule has 4 aliphatic rings. The highest BCUT2D eigenvalue weighted by atomic mass is 35.5. The Morgan fingerprint density at radius 3 is 2.27 bits per heavy atom. The van der Waals surface area contributed by atoms with Crippen LogP contribution in [-0.4, -0.2) is 87.3 Å². The average Bonchev–Trinajstić information content (AvgIpc) is 3.62. The average molecular weight is 587 g/mol. The van der Waals surface area contributed by atoms with Crippen molar-refractivity contribution in [3.8, 4) is 0 Å². The van der Waals surface area contributed by atoms with E-state index in [4.69, 9.17) is 35.3 Å². The molecule has 40 heavy (non-hydrogen) atoms. The number of carbonyl (C=O) groups is 4. The number of fused-ring (bicyclic) bond motifs is 4. The molecule has 0 unspecified atom stereocenters. The Kier molecular flexibility index (Phi) is 8.12. The second-order valence-electron chi connectivity index (χ2n) is 11.9. The highest BCUT2D eigenvalue weighted by Gasteiger charge is 2.79. The number of alkyl halides is 1. The summed E-state index contributed by atoms with van der Waals surface area (Å²) < 4.78 is 29.0. The van der Waals surface area contributed by atoms with Crippen LogP contribution in [0.4, 0.5) is 0 Å². The predicted octanol–water partition coefficient (Wildman–Crippen LogP) is 1.97. The van der Waals surface area contributed by atoms with Gasteiger partial charge in [-0.2, -0.15) is 0 Å². The number of esters is 4. The van der Waals surface area contributed by atoms with Crippen LogP contribution >= 0.6 is 11.6 Å². The summed E-state index contributed by atoms with van der Waals surface area (Å²) >= 11 is 6.76. The van der Waals surface area contributed by atoms with E-state index >= 15 is 0 Å². The van der Waals surface area contributed by atoms with E-state index in [0.717, 1.165) is 6.92 Å². The van der Waals surface area contributed by atoms with Crippen molar-refractivity contribution in [1.82, 2.24) is 0 Å². The number of rotatable bonds is 5. The summed E-state index contributed by atoms with van der Waals surface area (Å²) in [4.78, 5) is 50.6. The van der Waals surface area contributed by atoms with E-state index in [1.807, 2.05) is 0 Å². The van der Waals surface area contributed by atoms with E-state index in [1.54, 1.807) is 13.8 Å². The molecule has 4 rings (SSSR count). The van der Waals surface area contributed by atoms with Gasteiger partial charge in [0.1, 0.15) is 23.9 Å². The number of hydrogen-bond acceptors (Lipinski definition) is 11. The largest absolute Gasteiger partial charge is 0.462 e. The maximum absolute atomic E-state index is 13.0. The quantitative estimate of drug-likeness (QED) is 0.159. The third-order valence-electron chi connectivity index (χ3n) is 9.21. The molecule has 0 bridgehead atoms. The first kappa shape index (κ1) is 30.7. The number of hydrogen-bond donors (Lipinski definition) is 2. The van der Waals surface area contributed by atoms with Gasteiger partial charge < -0.3 is 33.9 Å². The normalized spacial score (nSPS) is 46.2. The minimum Gasteiger partial charge on any atom is -0.462 e. The second kappa shape index (κ2) is 10.6. The van der Waals surface area contributed by atoms with Gasteiger partial charge in [-0.3, -0.25) is 19.2 Å². The zero-order chi connectivity index (χ0) is 29.9. The molecule has 2 N–H and O–H groups in total. The van der Waals surface area contributed by atoms with E-state index in [1.165, 1.54) is 20.8 Å². The van der Waals surface area contributed by atoms with Gasteiger partial charge in [-0.25, -0.2) is 0 Å². The molecule has 2 aliphatic carbocycles. The maximum Gasteiger partial charge on any atom is 0.312 e. The van der Waals surface area contributed by atoms with Gasteiger partial charge in [0.25, 0.3) is 0 Å². The lowest BCUT2D eigenvalue weighted by molar-refractivity contribution is -0.262. The summed E-state index contributed by atoms with van der Waals surface area (Å²) in [5.74, 6) is -5.30. The molecule has 12 heteroatoms. The molecule has 0 amide bonds. The van der Waals surface area contributed by atoms with Crippen LogP contribution in [0.25, 0.3) is 0 Å². The molecule has 2 saturated carbocycles. The van der Waals surface area contributed by atoms with E-state index in [-0.39, 0.29) is 19.3 Å². The van der Waals surface area contributed by atoms with Gasteiger partial charge >= 0.3 is 23.9 Å². The van der Waals surface area contributed by atoms with Crippen molar-refractivity contribution >= 4 is 35.5 Å². The van der Waals surface area contributed by atoms with Gasteiger partial charge in [-0.1, -0.05) is 26.0 Å². The summed E-state index contributed by atoms with van der Waals surface area (Å²) in [5, 5.41) is 23.7. The first-order chi connectivity index (χ1) is 18.5. The van der Waals surface area contributed by atoms with Crippen LogP contribution in [0, 0.1) is 17.3 Å². The minimum atomic E-state index is -2.26. The van der Waals surface area contributed by atoms with Crippen LogP contribution in [0.5, 0.6) is 0 Å². The molecular formula is C28H39ClO11. The van der Waals surface area contributed by atoms with Crippen molar-refractivity contribution in [3.63, 3.8) is 0 Å². The molecule has 0 aromatic rings. The molecule has 0 radical (unpaired) electrons. The van der Waals surface area contributed by atoms with Crippen molar-refractivity contribution < 1.29 is 53.1 Å². The zero-order valence-electron chi connectivity index (χ0n) is 23.7. The number of epoxide rings is 1. The van der Waals surface area contributed by atoms with Gasteiger partial charge in [0.2, 0.25) is 0 Å². The van der Waals surface area contributed by atoms with Crippen LogP contribution < -0.4 is 0 Å². The van der Waals surface area contributed by atoms with Gasteiger partial charge in [-0.15, -0.1) is 11.6 Å². The standard InChI is InChI=1S/C28H39ClO11/c1-8-9-17(32)38-23-19-22(39-19)26(6)16(36-14(4)30)11-10-12(2)18(29)21-28(35,13(3)25(33)40-21)24(37-15(5)31)20(26)27(23,7)34/h13,16,18-24,34-35H,2,8-11H2,1,3-7H3/t13-,16-,18-,19+,20+,21-,22-,23+,24-,26+,27-,28-/m0/s1. The number of aliphatic hydroxyl groups is 2. The SMILES string of the molecule is C=C1CC[C@H](OC(C)=O)[C@@]2(C)[C@H]3O[C@H]3[C@@H](OC(=O)CCC)[C@@](C)(O)[C@@H]2[C@H](OC(C)=O)[C@]2(O)[C@@H](C)C(=O)O[C@H]2[C@H]1Cl. The number of ether oxygens (including phenoxy) is 5. The Balaban J connectivity index is 1.98. The lowest BCUT2D eigenvalue weighted by atomic mass is 9.52. The Bertz CT molecular complexity index is 1090. The summed E-state index contributed by atoms with van der Waals surface area (Å²) in [5.41, 5.74) is -5.17. The first-order valence-corrected chi connectivity index (χ1v) is 14.1. The minimum absolute atomic E-state index is 0.0940. The molecule has 2 aliphatic heterocycles. The zero-order valence-corrected chi connectivity index (χ0v) is 24.4. The predicted molar refractivity (Wildman–Crippen MR) is 139 cm³/mol. The van der Waals surface area contributed by atoms with E-state index < -0.39 is 94.3 Å². The van der Waals surface area contributed by atoms with Crippen LogP contribution in [0.15, 0.2) is 12.2 Å². The van der Waals surface area contributed by atoms with E-state index in [2.05, 4.69) is 6.58 Å². The Labute approximate surface area is 238 Å². The summed E-state index contributed by atoms with van der Waals surface area (Å²) in [6.45, 7) is 12.8. The van der Waals surface area contributed by atoms with Gasteiger partial charge in [0.05, 0.1) is 17.4 Å². The number of carbonyl (C=O) groups excluding carboxylic acids is 4. The summed E-state index contributed by atoms with van der Waals surface area (Å²) in [6, 6.07) is 0. The molecule has 224 valence electrons. The van der Waals surface area contributed by atoms with Crippen molar-refractivity contribution in [2.24, 2.45) is 17.3 Å². The van der Waals surface area contributed by atoms with Crippen LogP contribution in [0.1, 0.15) is 67.2 Å². The van der Waals surface area contributed by atoms with Gasteiger partial charge in [0, 0.05) is 31.6 Å². The van der Waals surface area contributed by atoms with E-state index in [0.29, 0.717) is 12.0 Å². The third kappa shape index (κ3) is 4.72. The molecule has 0 aromatic heterocycles. The first-order valence-electron chi connectivity index (χ1n) is 13.7. The maximum atomic E-state index is 13.0.